The molecule has 3 aromatic rings. The molecule has 1 N–H and O–H groups in total. The van der Waals surface area contributed by atoms with Crippen molar-refractivity contribution in [3.8, 4) is 6.07 Å². The number of hydrazone groups is 1. The molecule has 2 aliphatic rings. The van der Waals surface area contributed by atoms with Crippen LogP contribution in [0.25, 0.3) is 0 Å². The first-order chi connectivity index (χ1) is 17.3. The standard InChI is InChI=1S/C24H27N9O2/c25-16-19-3-1-4-20(15-19)18-33-6-2-5-21(33)17-26-30-22-27-23(31-7-11-34-12-8-31)29-24(28-22)32-9-13-35-14-10-32/h1-6,15,17H,7-14,18H2,(H,27,28,29,30)/b26-17+. The Morgan fingerprint density at radius 2 is 1.63 bits per heavy atom. The third-order valence-corrected chi connectivity index (χ3v) is 5.83. The molecule has 0 saturated carbocycles. The number of aromatic nitrogens is 4. The molecule has 0 bridgehead atoms. The van der Waals surface area contributed by atoms with Crippen molar-refractivity contribution >= 4 is 24.1 Å². The van der Waals surface area contributed by atoms with Crippen molar-refractivity contribution in [2.45, 2.75) is 6.54 Å². The lowest BCUT2D eigenvalue weighted by Crippen LogP contribution is -2.40. The molecule has 0 atom stereocenters. The van der Waals surface area contributed by atoms with Crippen LogP contribution in [-0.2, 0) is 16.0 Å². The smallest absolute Gasteiger partial charge is 0.250 e. The topological polar surface area (TPSA) is 117 Å². The largest absolute Gasteiger partial charge is 0.378 e. The molecule has 0 unspecified atom stereocenters. The van der Waals surface area contributed by atoms with Crippen LogP contribution in [0.3, 0.4) is 0 Å². The van der Waals surface area contributed by atoms with Gasteiger partial charge in [-0.15, -0.1) is 0 Å². The Hall–Kier alpha value is -4.01. The molecule has 35 heavy (non-hydrogen) atoms. The van der Waals surface area contributed by atoms with Crippen molar-refractivity contribution in [1.29, 1.82) is 5.26 Å². The van der Waals surface area contributed by atoms with E-state index in [1.54, 1.807) is 12.3 Å². The lowest BCUT2D eigenvalue weighted by molar-refractivity contribution is 0.121. The van der Waals surface area contributed by atoms with Gasteiger partial charge in [0.25, 0.3) is 0 Å². The summed E-state index contributed by atoms with van der Waals surface area (Å²) in [4.78, 5) is 18.1. The Labute approximate surface area is 203 Å². The van der Waals surface area contributed by atoms with Crippen LogP contribution in [0.2, 0.25) is 0 Å². The average molecular weight is 474 g/mol. The monoisotopic (exact) mass is 473 g/mol. The first kappa shape index (κ1) is 22.8. The Bertz CT molecular complexity index is 1170. The van der Waals surface area contributed by atoms with Gasteiger partial charge in [0.2, 0.25) is 17.8 Å². The van der Waals surface area contributed by atoms with Crippen LogP contribution in [0.15, 0.2) is 47.7 Å². The normalized spacial score (nSPS) is 16.4. The fraction of sp³-hybridized carbons (Fsp3) is 0.375. The highest BCUT2D eigenvalue weighted by Crippen LogP contribution is 2.19. The molecule has 4 heterocycles. The number of hydrogen-bond acceptors (Lipinski definition) is 10. The van der Waals surface area contributed by atoms with Gasteiger partial charge in [0.1, 0.15) is 0 Å². The highest BCUT2D eigenvalue weighted by atomic mass is 16.5. The lowest BCUT2D eigenvalue weighted by atomic mass is 10.1. The summed E-state index contributed by atoms with van der Waals surface area (Å²) in [5.41, 5.74) is 5.59. The van der Waals surface area contributed by atoms with Gasteiger partial charge in [-0.05, 0) is 29.8 Å². The number of nitriles is 1. The molecule has 11 heteroatoms. The molecular formula is C24H27N9O2. The van der Waals surface area contributed by atoms with Crippen LogP contribution >= 0.6 is 0 Å². The fourth-order valence-corrected chi connectivity index (χ4v) is 3.99. The number of hydrogen-bond donors (Lipinski definition) is 1. The second-order valence-corrected chi connectivity index (χ2v) is 8.20. The summed E-state index contributed by atoms with van der Waals surface area (Å²) in [6, 6.07) is 13.7. The Morgan fingerprint density at radius 3 is 2.29 bits per heavy atom. The summed E-state index contributed by atoms with van der Waals surface area (Å²) in [5, 5.41) is 13.6. The summed E-state index contributed by atoms with van der Waals surface area (Å²) in [5.74, 6) is 1.62. The Morgan fingerprint density at radius 1 is 0.943 bits per heavy atom. The molecule has 2 aliphatic heterocycles. The van der Waals surface area contributed by atoms with Crippen LogP contribution in [0.4, 0.5) is 17.8 Å². The second-order valence-electron chi connectivity index (χ2n) is 8.20. The molecule has 2 aromatic heterocycles. The van der Waals surface area contributed by atoms with E-state index < -0.39 is 0 Å². The zero-order valence-corrected chi connectivity index (χ0v) is 19.4. The minimum atomic E-state index is 0.388. The van der Waals surface area contributed by atoms with E-state index in [9.17, 15) is 0 Å². The van der Waals surface area contributed by atoms with Gasteiger partial charge in [-0.1, -0.05) is 12.1 Å². The van der Waals surface area contributed by atoms with Crippen LogP contribution in [0, 0.1) is 11.3 Å². The molecule has 180 valence electrons. The van der Waals surface area contributed by atoms with Crippen LogP contribution < -0.4 is 15.2 Å². The molecule has 0 aliphatic carbocycles. The van der Waals surface area contributed by atoms with Gasteiger partial charge in [-0.2, -0.15) is 25.3 Å². The molecule has 0 amide bonds. The minimum absolute atomic E-state index is 0.388. The van der Waals surface area contributed by atoms with Gasteiger partial charge in [0.15, 0.2) is 0 Å². The van der Waals surface area contributed by atoms with Crippen molar-refractivity contribution in [2.24, 2.45) is 5.10 Å². The molecular weight excluding hydrogens is 446 g/mol. The first-order valence-electron chi connectivity index (χ1n) is 11.6. The molecule has 2 saturated heterocycles. The summed E-state index contributed by atoms with van der Waals surface area (Å²) < 4.78 is 13.0. The van der Waals surface area contributed by atoms with Gasteiger partial charge >= 0.3 is 0 Å². The van der Waals surface area contributed by atoms with E-state index in [1.165, 1.54) is 0 Å². The van der Waals surface area contributed by atoms with Crippen molar-refractivity contribution in [2.75, 3.05) is 67.8 Å². The number of benzene rings is 1. The van der Waals surface area contributed by atoms with E-state index >= 15 is 0 Å². The van der Waals surface area contributed by atoms with Crippen LogP contribution in [0.1, 0.15) is 16.8 Å². The number of nitrogens with zero attached hydrogens (tertiary/aromatic N) is 8. The summed E-state index contributed by atoms with van der Waals surface area (Å²) in [6.07, 6.45) is 3.72. The van der Waals surface area contributed by atoms with Crippen molar-refractivity contribution < 1.29 is 9.47 Å². The average Bonchev–Trinajstić information content (AvgIpc) is 3.36. The van der Waals surface area contributed by atoms with E-state index in [4.69, 9.17) is 19.7 Å². The fourth-order valence-electron chi connectivity index (χ4n) is 3.99. The van der Waals surface area contributed by atoms with Crippen LogP contribution in [0.5, 0.6) is 0 Å². The number of morpholine rings is 2. The third kappa shape index (κ3) is 5.74. The maximum Gasteiger partial charge on any atom is 0.250 e. The van der Waals surface area contributed by atoms with Gasteiger partial charge < -0.3 is 23.8 Å². The van der Waals surface area contributed by atoms with E-state index in [0.717, 1.165) is 37.4 Å². The highest BCUT2D eigenvalue weighted by molar-refractivity contribution is 5.78. The highest BCUT2D eigenvalue weighted by Gasteiger charge is 2.20. The summed E-state index contributed by atoms with van der Waals surface area (Å²) in [6.45, 7) is 6.15. The van der Waals surface area contributed by atoms with Gasteiger partial charge in [0.05, 0.1) is 50.0 Å². The Kier molecular flexibility index (Phi) is 7.12. The van der Waals surface area contributed by atoms with E-state index in [2.05, 4.69) is 40.9 Å². The van der Waals surface area contributed by atoms with E-state index in [1.807, 2.05) is 36.5 Å². The number of ether oxygens (including phenoxy) is 2. The zero-order valence-electron chi connectivity index (χ0n) is 19.4. The predicted octanol–water partition coefficient (Wildman–Crippen LogP) is 1.71. The van der Waals surface area contributed by atoms with Crippen molar-refractivity contribution in [3.05, 3.63) is 59.4 Å². The van der Waals surface area contributed by atoms with E-state index in [0.29, 0.717) is 56.4 Å². The predicted molar refractivity (Wildman–Crippen MR) is 132 cm³/mol. The number of rotatable bonds is 7. The molecule has 0 spiro atoms. The Balaban J connectivity index is 1.33. The quantitative estimate of drug-likeness (QED) is 0.404. The minimum Gasteiger partial charge on any atom is -0.378 e. The SMILES string of the molecule is N#Cc1cccc(Cn2cccc2/C=N/Nc2nc(N3CCOCC3)nc(N3CCOCC3)n2)c1. The van der Waals surface area contributed by atoms with Gasteiger partial charge in [-0.25, -0.2) is 5.43 Å². The number of nitrogens with one attached hydrogen (secondary N) is 1. The van der Waals surface area contributed by atoms with E-state index in [-0.39, 0.29) is 0 Å². The lowest BCUT2D eigenvalue weighted by Gasteiger charge is -2.30. The maximum absolute atomic E-state index is 9.15. The molecule has 5 rings (SSSR count). The summed E-state index contributed by atoms with van der Waals surface area (Å²) >= 11 is 0. The summed E-state index contributed by atoms with van der Waals surface area (Å²) in [7, 11) is 0. The first-order valence-corrected chi connectivity index (χ1v) is 11.6. The van der Waals surface area contributed by atoms with Gasteiger partial charge in [0, 0.05) is 38.9 Å². The molecule has 11 nitrogen and oxygen atoms in total. The van der Waals surface area contributed by atoms with Crippen molar-refractivity contribution in [3.63, 3.8) is 0 Å². The molecule has 0 radical (unpaired) electrons. The van der Waals surface area contributed by atoms with Crippen molar-refractivity contribution in [1.82, 2.24) is 19.5 Å². The maximum atomic E-state index is 9.15. The number of anilines is 3. The van der Waals surface area contributed by atoms with Crippen LogP contribution in [-0.4, -0.2) is 78.3 Å². The zero-order chi connectivity index (χ0) is 23.9. The third-order valence-electron chi connectivity index (χ3n) is 5.83. The van der Waals surface area contributed by atoms with Gasteiger partial charge in [-0.3, -0.25) is 0 Å². The molecule has 1 aromatic carbocycles. The second kappa shape index (κ2) is 10.9. The molecule has 2 fully saturated rings.